The molecule has 1 aromatic carbocycles. The molecule has 1 aliphatic rings. The number of nitrogens with zero attached hydrogens (tertiary/aromatic N) is 1. The monoisotopic (exact) mass is 310 g/mol. The Balaban J connectivity index is 2.46. The Morgan fingerprint density at radius 2 is 1.67 bits per heavy atom. The van der Waals surface area contributed by atoms with E-state index >= 15 is 0 Å². The number of nitrogens with two attached hydrogens (primary N) is 1. The summed E-state index contributed by atoms with van der Waals surface area (Å²) < 4.78 is 27.6. The first kappa shape index (κ1) is 16.3. The Labute approximate surface area is 128 Å². The van der Waals surface area contributed by atoms with E-state index in [0.29, 0.717) is 16.1 Å². The fourth-order valence-electron chi connectivity index (χ4n) is 3.36. The molecule has 0 heterocycles. The van der Waals surface area contributed by atoms with Crippen molar-refractivity contribution < 1.29 is 8.42 Å². The van der Waals surface area contributed by atoms with Gasteiger partial charge in [-0.25, -0.2) is 8.42 Å². The molecule has 0 aromatic heterocycles. The van der Waals surface area contributed by atoms with Crippen molar-refractivity contribution in [1.82, 2.24) is 4.31 Å². The van der Waals surface area contributed by atoms with E-state index in [-0.39, 0.29) is 6.04 Å². The lowest BCUT2D eigenvalue weighted by atomic mass is 9.96. The summed E-state index contributed by atoms with van der Waals surface area (Å²) in [6, 6.07) is 1.98. The van der Waals surface area contributed by atoms with Crippen LogP contribution in [-0.2, 0) is 10.0 Å². The largest absolute Gasteiger partial charge is 0.398 e. The van der Waals surface area contributed by atoms with Crippen LogP contribution in [0.4, 0.5) is 5.69 Å². The van der Waals surface area contributed by atoms with Crippen LogP contribution < -0.4 is 5.73 Å². The van der Waals surface area contributed by atoms with E-state index in [4.69, 9.17) is 5.73 Å². The van der Waals surface area contributed by atoms with Crippen LogP contribution in [-0.4, -0.2) is 25.8 Å². The van der Waals surface area contributed by atoms with Crippen LogP contribution in [0.1, 0.15) is 48.8 Å². The molecule has 2 rings (SSSR count). The van der Waals surface area contributed by atoms with Gasteiger partial charge in [-0.2, -0.15) is 4.31 Å². The highest BCUT2D eigenvalue weighted by Gasteiger charge is 2.31. The topological polar surface area (TPSA) is 63.4 Å². The van der Waals surface area contributed by atoms with Crippen LogP contribution in [0.3, 0.4) is 0 Å². The van der Waals surface area contributed by atoms with Gasteiger partial charge in [0.05, 0.1) is 4.90 Å². The van der Waals surface area contributed by atoms with Crippen molar-refractivity contribution in [3.8, 4) is 0 Å². The van der Waals surface area contributed by atoms with Gasteiger partial charge >= 0.3 is 0 Å². The first-order chi connectivity index (χ1) is 9.76. The van der Waals surface area contributed by atoms with Gasteiger partial charge in [0.1, 0.15) is 0 Å². The van der Waals surface area contributed by atoms with Crippen molar-refractivity contribution >= 4 is 15.7 Å². The molecular weight excluding hydrogens is 284 g/mol. The van der Waals surface area contributed by atoms with E-state index in [1.807, 2.05) is 19.9 Å². The third-order valence-corrected chi connectivity index (χ3v) is 6.89. The smallest absolute Gasteiger partial charge is 0.243 e. The molecule has 118 valence electrons. The number of anilines is 1. The first-order valence-corrected chi connectivity index (χ1v) is 9.05. The molecule has 0 aliphatic heterocycles. The summed E-state index contributed by atoms with van der Waals surface area (Å²) in [6.07, 6.45) is 5.33. The second-order valence-electron chi connectivity index (χ2n) is 6.19. The summed E-state index contributed by atoms with van der Waals surface area (Å²) in [6.45, 7) is 5.56. The predicted octanol–water partition coefficient (Wildman–Crippen LogP) is 3.15. The molecule has 2 N–H and O–H groups in total. The first-order valence-electron chi connectivity index (χ1n) is 7.61. The Morgan fingerprint density at radius 1 is 1.10 bits per heavy atom. The molecule has 1 aromatic rings. The molecule has 21 heavy (non-hydrogen) atoms. The maximum absolute atomic E-state index is 13.0. The average Bonchev–Trinajstić information content (AvgIpc) is 2.44. The minimum Gasteiger partial charge on any atom is -0.398 e. The molecule has 1 saturated carbocycles. The maximum atomic E-state index is 13.0. The lowest BCUT2D eigenvalue weighted by Gasteiger charge is -2.31. The SMILES string of the molecule is Cc1cc(C)c(S(=O)(=O)N(C)C2CCCCC2)c(C)c1N. The molecule has 0 spiro atoms. The van der Waals surface area contributed by atoms with Gasteiger partial charge in [-0.15, -0.1) is 0 Å². The zero-order valence-electron chi connectivity index (χ0n) is 13.4. The highest BCUT2D eigenvalue weighted by atomic mass is 32.2. The Kier molecular flexibility index (Phi) is 4.63. The standard InChI is InChI=1S/C16H26N2O2S/c1-11-10-12(2)16(13(3)15(11)17)21(19,20)18(4)14-8-6-5-7-9-14/h10,14H,5-9,17H2,1-4H3. The summed E-state index contributed by atoms with van der Waals surface area (Å²) in [5.41, 5.74) is 9.01. The van der Waals surface area contributed by atoms with Gasteiger partial charge in [-0.1, -0.05) is 25.3 Å². The van der Waals surface area contributed by atoms with Gasteiger partial charge in [-0.3, -0.25) is 0 Å². The fourth-order valence-corrected chi connectivity index (χ4v) is 5.22. The molecule has 1 aliphatic carbocycles. The number of nitrogen functional groups attached to an aromatic ring is 1. The van der Waals surface area contributed by atoms with Gasteiger partial charge in [-0.05, 0) is 50.3 Å². The second-order valence-corrected chi connectivity index (χ2v) is 8.13. The Hall–Kier alpha value is -1.07. The van der Waals surface area contributed by atoms with Crippen LogP contribution in [0, 0.1) is 20.8 Å². The Bertz CT molecular complexity index is 632. The van der Waals surface area contributed by atoms with Crippen molar-refractivity contribution in [2.45, 2.75) is 63.8 Å². The molecular formula is C16H26N2O2S. The molecule has 1 fully saturated rings. The van der Waals surface area contributed by atoms with Gasteiger partial charge in [0, 0.05) is 18.8 Å². The molecule has 0 atom stereocenters. The molecule has 4 nitrogen and oxygen atoms in total. The number of benzene rings is 1. The summed E-state index contributed by atoms with van der Waals surface area (Å²) in [7, 11) is -1.78. The Morgan fingerprint density at radius 3 is 2.24 bits per heavy atom. The van der Waals surface area contributed by atoms with E-state index in [1.165, 1.54) is 6.42 Å². The summed E-state index contributed by atoms with van der Waals surface area (Å²) >= 11 is 0. The highest BCUT2D eigenvalue weighted by Crippen LogP contribution is 2.32. The van der Waals surface area contributed by atoms with Crippen molar-refractivity contribution in [3.05, 3.63) is 22.8 Å². The highest BCUT2D eigenvalue weighted by molar-refractivity contribution is 7.89. The van der Waals surface area contributed by atoms with E-state index in [2.05, 4.69) is 0 Å². The summed E-state index contributed by atoms with van der Waals surface area (Å²) in [4.78, 5) is 0.388. The van der Waals surface area contributed by atoms with E-state index in [0.717, 1.165) is 36.8 Å². The van der Waals surface area contributed by atoms with E-state index in [9.17, 15) is 8.42 Å². The van der Waals surface area contributed by atoms with Crippen molar-refractivity contribution in [2.24, 2.45) is 0 Å². The third kappa shape index (κ3) is 2.94. The zero-order chi connectivity index (χ0) is 15.8. The van der Waals surface area contributed by atoms with Crippen LogP contribution in [0.5, 0.6) is 0 Å². The normalized spacial score (nSPS) is 17.4. The molecule has 0 radical (unpaired) electrons. The van der Waals surface area contributed by atoms with E-state index < -0.39 is 10.0 Å². The minimum atomic E-state index is -3.49. The van der Waals surface area contributed by atoms with Crippen molar-refractivity contribution in [1.29, 1.82) is 0 Å². The van der Waals surface area contributed by atoms with E-state index in [1.54, 1.807) is 18.3 Å². The number of sulfonamides is 1. The lowest BCUT2D eigenvalue weighted by Crippen LogP contribution is -2.38. The van der Waals surface area contributed by atoms with Crippen LogP contribution in [0.15, 0.2) is 11.0 Å². The van der Waals surface area contributed by atoms with Gasteiger partial charge in [0.25, 0.3) is 0 Å². The number of rotatable bonds is 3. The molecule has 0 bridgehead atoms. The quantitative estimate of drug-likeness (QED) is 0.872. The maximum Gasteiger partial charge on any atom is 0.243 e. The summed E-state index contributed by atoms with van der Waals surface area (Å²) in [5, 5.41) is 0. The average molecular weight is 310 g/mol. The molecule has 5 heteroatoms. The lowest BCUT2D eigenvalue weighted by molar-refractivity contribution is 0.285. The minimum absolute atomic E-state index is 0.116. The van der Waals surface area contributed by atoms with Crippen molar-refractivity contribution in [3.63, 3.8) is 0 Å². The second kappa shape index (κ2) is 5.97. The summed E-state index contributed by atoms with van der Waals surface area (Å²) in [5.74, 6) is 0. The fraction of sp³-hybridized carbons (Fsp3) is 0.625. The van der Waals surface area contributed by atoms with Gasteiger partial charge in [0.15, 0.2) is 0 Å². The van der Waals surface area contributed by atoms with Gasteiger partial charge < -0.3 is 5.73 Å². The zero-order valence-corrected chi connectivity index (χ0v) is 14.3. The number of hydrogen-bond acceptors (Lipinski definition) is 3. The predicted molar refractivity (Wildman–Crippen MR) is 86.9 cm³/mol. The van der Waals surface area contributed by atoms with Crippen LogP contribution in [0.2, 0.25) is 0 Å². The molecule has 0 saturated heterocycles. The van der Waals surface area contributed by atoms with Crippen LogP contribution in [0.25, 0.3) is 0 Å². The number of hydrogen-bond donors (Lipinski definition) is 1. The van der Waals surface area contributed by atoms with Crippen molar-refractivity contribution in [2.75, 3.05) is 12.8 Å². The molecule has 0 amide bonds. The third-order valence-electron chi connectivity index (χ3n) is 4.69. The van der Waals surface area contributed by atoms with Crippen LogP contribution >= 0.6 is 0 Å². The number of aryl methyl sites for hydroxylation is 2. The molecule has 0 unspecified atom stereocenters. The van der Waals surface area contributed by atoms with Gasteiger partial charge in [0.2, 0.25) is 10.0 Å².